The normalized spacial score (nSPS) is 16.7. The van der Waals surface area contributed by atoms with Crippen LogP contribution in [-0.2, 0) is 0 Å². The minimum absolute atomic E-state index is 0.00732. The minimum atomic E-state index is 0.00732. The summed E-state index contributed by atoms with van der Waals surface area (Å²) in [6.07, 6.45) is 2.33. The number of nitrogens with one attached hydrogen (secondary N) is 1. The maximum Gasteiger partial charge on any atom is 0.196 e. The molecular formula is C28H27N3O2. The predicted molar refractivity (Wildman–Crippen MR) is 133 cm³/mol. The summed E-state index contributed by atoms with van der Waals surface area (Å²) in [7, 11) is 0. The molecule has 1 N–H and O–H groups in total. The van der Waals surface area contributed by atoms with Gasteiger partial charge in [-0.2, -0.15) is 0 Å². The number of anilines is 3. The molecule has 5 nitrogen and oxygen atoms in total. The van der Waals surface area contributed by atoms with Gasteiger partial charge in [0.25, 0.3) is 0 Å². The summed E-state index contributed by atoms with van der Waals surface area (Å²) < 4.78 is 5.93. The number of benzene rings is 3. The summed E-state index contributed by atoms with van der Waals surface area (Å²) >= 11 is 0. The second-order valence-electron chi connectivity index (χ2n) is 10.1. The van der Waals surface area contributed by atoms with Crippen molar-refractivity contribution in [2.24, 2.45) is 5.41 Å². The second-order valence-corrected chi connectivity index (χ2v) is 10.1. The van der Waals surface area contributed by atoms with Gasteiger partial charge in [0.15, 0.2) is 11.5 Å². The standard InChI is InChI=1S/C28H27N3O2/c1-17-9-4-7-12-20(17)29-21-15-22(31-14-8-13-28(2,3)16-31)25-24-23(21)26(32)18-10-5-6-11-19(18)27(24)33-30-25/h4-7,9-12,15,29H,8,13-14,16H2,1-3H3. The van der Waals surface area contributed by atoms with E-state index in [2.05, 4.69) is 48.3 Å². The molecule has 3 aromatic carbocycles. The van der Waals surface area contributed by atoms with E-state index in [0.717, 1.165) is 58.6 Å². The first-order chi connectivity index (χ1) is 15.9. The van der Waals surface area contributed by atoms with E-state index < -0.39 is 0 Å². The molecule has 0 bridgehead atoms. The van der Waals surface area contributed by atoms with Gasteiger partial charge >= 0.3 is 0 Å². The highest BCUT2D eigenvalue weighted by Crippen LogP contribution is 2.47. The maximum atomic E-state index is 13.8. The van der Waals surface area contributed by atoms with Gasteiger partial charge in [0.1, 0.15) is 5.52 Å². The highest BCUT2D eigenvalue weighted by Gasteiger charge is 2.35. The topological polar surface area (TPSA) is 58.4 Å². The van der Waals surface area contributed by atoms with Crippen LogP contribution in [0.3, 0.4) is 0 Å². The number of para-hydroxylation sites is 1. The van der Waals surface area contributed by atoms with Crippen molar-refractivity contribution in [1.29, 1.82) is 0 Å². The Hall–Kier alpha value is -3.60. The molecule has 33 heavy (non-hydrogen) atoms. The number of rotatable bonds is 3. The van der Waals surface area contributed by atoms with E-state index in [1.165, 1.54) is 6.42 Å². The first-order valence-electron chi connectivity index (χ1n) is 11.6. The molecular weight excluding hydrogens is 410 g/mol. The average molecular weight is 438 g/mol. The van der Waals surface area contributed by atoms with Crippen molar-refractivity contribution in [3.8, 4) is 11.3 Å². The molecule has 2 heterocycles. The third kappa shape index (κ3) is 3.14. The average Bonchev–Trinajstić information content (AvgIpc) is 3.24. The number of fused-ring (bicyclic) bond motifs is 2. The van der Waals surface area contributed by atoms with Crippen molar-refractivity contribution in [2.45, 2.75) is 33.6 Å². The Kier molecular flexibility index (Phi) is 4.37. The van der Waals surface area contributed by atoms with Crippen molar-refractivity contribution in [3.63, 3.8) is 0 Å². The monoisotopic (exact) mass is 437 g/mol. The molecule has 0 saturated carbocycles. The van der Waals surface area contributed by atoms with Crippen LogP contribution in [0.25, 0.3) is 22.2 Å². The lowest BCUT2D eigenvalue weighted by Crippen LogP contribution is -2.40. The van der Waals surface area contributed by atoms with Crippen LogP contribution in [0.1, 0.15) is 48.2 Å². The fourth-order valence-electron chi connectivity index (χ4n) is 5.37. The number of carbonyl (C=O) groups excluding carboxylic acids is 1. The molecule has 5 heteroatoms. The molecule has 0 spiro atoms. The van der Waals surface area contributed by atoms with Crippen LogP contribution < -0.4 is 10.2 Å². The van der Waals surface area contributed by atoms with Crippen LogP contribution in [0.5, 0.6) is 0 Å². The second kappa shape index (κ2) is 7.20. The van der Waals surface area contributed by atoms with Crippen LogP contribution in [0.15, 0.2) is 59.1 Å². The van der Waals surface area contributed by atoms with Crippen molar-refractivity contribution < 1.29 is 9.32 Å². The number of aromatic nitrogens is 1. The van der Waals surface area contributed by atoms with E-state index in [9.17, 15) is 4.79 Å². The quantitative estimate of drug-likeness (QED) is 0.340. The third-order valence-corrected chi connectivity index (χ3v) is 7.03. The lowest BCUT2D eigenvalue weighted by atomic mass is 9.83. The Morgan fingerprint density at radius 2 is 1.79 bits per heavy atom. The zero-order chi connectivity index (χ0) is 22.7. The molecule has 4 aromatic rings. The lowest BCUT2D eigenvalue weighted by molar-refractivity contribution is 0.104. The van der Waals surface area contributed by atoms with Crippen molar-refractivity contribution in [3.05, 3.63) is 71.3 Å². The summed E-state index contributed by atoms with van der Waals surface area (Å²) in [5.41, 5.74) is 7.05. The van der Waals surface area contributed by atoms with E-state index in [4.69, 9.17) is 4.52 Å². The van der Waals surface area contributed by atoms with Crippen molar-refractivity contribution in [1.82, 2.24) is 5.16 Å². The van der Waals surface area contributed by atoms with E-state index in [-0.39, 0.29) is 11.2 Å². The van der Waals surface area contributed by atoms with E-state index in [1.54, 1.807) is 0 Å². The van der Waals surface area contributed by atoms with Crippen LogP contribution in [-0.4, -0.2) is 24.0 Å². The summed E-state index contributed by atoms with van der Waals surface area (Å²) in [5.74, 6) is 0.689. The van der Waals surface area contributed by atoms with Crippen LogP contribution in [0.4, 0.5) is 17.1 Å². The van der Waals surface area contributed by atoms with Gasteiger partial charge in [-0.3, -0.25) is 4.79 Å². The fraction of sp³-hybridized carbons (Fsp3) is 0.286. The number of nitrogens with zero attached hydrogens (tertiary/aromatic N) is 2. The number of ketones is 1. The van der Waals surface area contributed by atoms with Gasteiger partial charge in [0.05, 0.1) is 22.3 Å². The Morgan fingerprint density at radius 3 is 2.58 bits per heavy atom. The van der Waals surface area contributed by atoms with Crippen molar-refractivity contribution in [2.75, 3.05) is 23.3 Å². The molecule has 0 amide bonds. The van der Waals surface area contributed by atoms with Crippen LogP contribution in [0, 0.1) is 12.3 Å². The number of hydrogen-bond acceptors (Lipinski definition) is 5. The van der Waals surface area contributed by atoms with E-state index >= 15 is 0 Å². The zero-order valence-corrected chi connectivity index (χ0v) is 19.2. The van der Waals surface area contributed by atoms with Gasteiger partial charge in [-0.25, -0.2) is 0 Å². The molecule has 0 radical (unpaired) electrons. The molecule has 1 saturated heterocycles. The summed E-state index contributed by atoms with van der Waals surface area (Å²) in [6, 6.07) is 17.9. The molecule has 1 aliphatic carbocycles. The molecule has 0 atom stereocenters. The number of aryl methyl sites for hydroxylation is 1. The van der Waals surface area contributed by atoms with Crippen molar-refractivity contribution >= 4 is 33.7 Å². The third-order valence-electron chi connectivity index (χ3n) is 7.03. The molecule has 2 aliphatic rings. The summed E-state index contributed by atoms with van der Waals surface area (Å²) in [6.45, 7) is 8.61. The Labute approximate surface area is 193 Å². The number of piperidine rings is 1. The summed E-state index contributed by atoms with van der Waals surface area (Å²) in [5, 5.41) is 8.91. The largest absolute Gasteiger partial charge is 0.369 e. The van der Waals surface area contributed by atoms with Gasteiger partial charge in [0, 0.05) is 29.9 Å². The highest BCUT2D eigenvalue weighted by molar-refractivity contribution is 6.28. The molecule has 0 unspecified atom stereocenters. The fourth-order valence-corrected chi connectivity index (χ4v) is 5.37. The highest BCUT2D eigenvalue weighted by atomic mass is 16.5. The van der Waals surface area contributed by atoms with Crippen LogP contribution >= 0.6 is 0 Å². The Morgan fingerprint density at radius 1 is 1.03 bits per heavy atom. The lowest BCUT2D eigenvalue weighted by Gasteiger charge is -2.39. The Bertz CT molecular complexity index is 1420. The van der Waals surface area contributed by atoms with Gasteiger partial charge in [-0.15, -0.1) is 0 Å². The van der Waals surface area contributed by atoms with Gasteiger partial charge in [-0.1, -0.05) is 61.5 Å². The predicted octanol–water partition coefficient (Wildman–Crippen LogP) is 6.72. The smallest absolute Gasteiger partial charge is 0.196 e. The number of carbonyl (C=O) groups is 1. The van der Waals surface area contributed by atoms with Gasteiger partial charge < -0.3 is 14.7 Å². The molecule has 6 rings (SSSR count). The molecule has 1 aliphatic heterocycles. The van der Waals surface area contributed by atoms with Gasteiger partial charge in [-0.05, 0) is 42.9 Å². The van der Waals surface area contributed by atoms with E-state index in [1.807, 2.05) is 42.5 Å². The zero-order valence-electron chi connectivity index (χ0n) is 19.2. The maximum absolute atomic E-state index is 13.8. The SMILES string of the molecule is Cc1ccccc1Nc1cc(N2CCCC(C)(C)C2)c2noc3c2c1C(=O)c1ccccc1-3. The molecule has 1 aromatic heterocycles. The Balaban J connectivity index is 1.62. The van der Waals surface area contributed by atoms with Crippen LogP contribution in [0.2, 0.25) is 0 Å². The molecule has 166 valence electrons. The van der Waals surface area contributed by atoms with E-state index in [0.29, 0.717) is 16.9 Å². The molecule has 1 fully saturated rings. The number of hydrogen-bond donors (Lipinski definition) is 1. The first-order valence-corrected chi connectivity index (χ1v) is 11.6. The first kappa shape index (κ1) is 20.0. The van der Waals surface area contributed by atoms with Gasteiger partial charge in [0.2, 0.25) is 0 Å². The summed E-state index contributed by atoms with van der Waals surface area (Å²) in [4.78, 5) is 16.2. The minimum Gasteiger partial charge on any atom is -0.369 e.